The molecule has 3 rings (SSSR count). The van der Waals surface area contributed by atoms with Crippen molar-refractivity contribution >= 4 is 17.7 Å². The Morgan fingerprint density at radius 3 is 2.75 bits per heavy atom. The zero-order chi connectivity index (χ0) is 16.9. The van der Waals surface area contributed by atoms with Crippen molar-refractivity contribution in [3.63, 3.8) is 0 Å². The third-order valence-electron chi connectivity index (χ3n) is 3.92. The van der Waals surface area contributed by atoms with Crippen LogP contribution in [0, 0.1) is 5.21 Å². The Bertz CT molecular complexity index is 696. The summed E-state index contributed by atoms with van der Waals surface area (Å²) in [5.41, 5.74) is 1.08. The van der Waals surface area contributed by atoms with Crippen LogP contribution in [0.3, 0.4) is 0 Å². The highest BCUT2D eigenvalue weighted by Crippen LogP contribution is 2.26. The number of thioether (sulfide) groups is 1. The van der Waals surface area contributed by atoms with Gasteiger partial charge in [0.1, 0.15) is 6.10 Å². The zero-order valence-electron chi connectivity index (χ0n) is 13.5. The topological polar surface area (TPSA) is 56.5 Å². The summed E-state index contributed by atoms with van der Waals surface area (Å²) in [4.78, 5) is 14.4. The van der Waals surface area contributed by atoms with Gasteiger partial charge in [-0.2, -0.15) is 4.73 Å². The van der Waals surface area contributed by atoms with E-state index in [1.54, 1.807) is 18.2 Å². The molecule has 1 aliphatic rings. The number of nitrogens with zero attached hydrogens (tertiary/aromatic N) is 2. The van der Waals surface area contributed by atoms with Crippen LogP contribution in [0.4, 0.5) is 0 Å². The second-order valence-corrected chi connectivity index (χ2v) is 6.79. The number of carbonyl (C=O) groups is 1. The van der Waals surface area contributed by atoms with Gasteiger partial charge in [-0.1, -0.05) is 30.3 Å². The first-order valence-electron chi connectivity index (χ1n) is 7.92. The predicted octanol–water partition coefficient (Wildman–Crippen LogP) is 2.40. The van der Waals surface area contributed by atoms with Crippen LogP contribution in [-0.2, 0) is 9.53 Å². The van der Waals surface area contributed by atoms with Crippen LogP contribution >= 0.6 is 11.8 Å². The summed E-state index contributed by atoms with van der Waals surface area (Å²) in [6, 6.07) is 15.1. The number of rotatable bonds is 4. The molecule has 0 radical (unpaired) electrons. The average molecular weight is 344 g/mol. The van der Waals surface area contributed by atoms with Crippen molar-refractivity contribution < 1.29 is 14.3 Å². The molecule has 1 fully saturated rings. The Hall–Kier alpha value is -2.05. The van der Waals surface area contributed by atoms with E-state index < -0.39 is 0 Å². The summed E-state index contributed by atoms with van der Waals surface area (Å²) >= 11 is 1.27. The summed E-state index contributed by atoms with van der Waals surface area (Å²) in [7, 11) is 0. The third-order valence-corrected chi connectivity index (χ3v) is 4.92. The van der Waals surface area contributed by atoms with Crippen molar-refractivity contribution in [3.8, 4) is 0 Å². The van der Waals surface area contributed by atoms with Gasteiger partial charge in [-0.05, 0) is 30.3 Å². The Balaban J connectivity index is 1.63. The van der Waals surface area contributed by atoms with Gasteiger partial charge in [-0.25, -0.2) is 0 Å². The maximum Gasteiger partial charge on any atom is 0.251 e. The van der Waals surface area contributed by atoms with E-state index in [0.29, 0.717) is 18.1 Å². The highest BCUT2D eigenvalue weighted by Gasteiger charge is 2.29. The van der Waals surface area contributed by atoms with Gasteiger partial charge in [0.25, 0.3) is 5.03 Å². The van der Waals surface area contributed by atoms with Crippen molar-refractivity contribution in [1.82, 2.24) is 4.90 Å². The molecule has 0 bridgehead atoms. The smallest absolute Gasteiger partial charge is 0.251 e. The van der Waals surface area contributed by atoms with E-state index in [2.05, 4.69) is 0 Å². The second kappa shape index (κ2) is 7.68. The predicted molar refractivity (Wildman–Crippen MR) is 92.4 cm³/mol. The molecule has 2 atom stereocenters. The van der Waals surface area contributed by atoms with Crippen LogP contribution in [0.5, 0.6) is 0 Å². The van der Waals surface area contributed by atoms with Crippen molar-refractivity contribution in [2.45, 2.75) is 24.2 Å². The van der Waals surface area contributed by atoms with E-state index in [1.165, 1.54) is 18.0 Å². The first kappa shape index (κ1) is 16.8. The summed E-state index contributed by atoms with van der Waals surface area (Å²) < 4.78 is 6.76. The molecule has 1 saturated heterocycles. The quantitative estimate of drug-likeness (QED) is 0.485. The number of hydrogen-bond donors (Lipinski definition) is 0. The number of aromatic nitrogens is 1. The van der Waals surface area contributed by atoms with Gasteiger partial charge in [0.15, 0.2) is 6.20 Å². The minimum atomic E-state index is -0.106. The minimum Gasteiger partial charge on any atom is -0.618 e. The van der Waals surface area contributed by atoms with Crippen molar-refractivity contribution in [2.24, 2.45) is 0 Å². The standard InChI is InChI=1S/C18H20N2O3S/c1-14-11-19(12-16(23-14)15-7-3-2-4-8-15)17(21)13-24-18-9-5-6-10-20(18)22/h2-10,14,16H,11-13H2,1H3/t14-,16+/m1/s1. The van der Waals surface area contributed by atoms with Gasteiger partial charge < -0.3 is 14.8 Å². The Labute approximate surface area is 145 Å². The fourth-order valence-corrected chi connectivity index (χ4v) is 3.58. The fourth-order valence-electron chi connectivity index (χ4n) is 2.76. The van der Waals surface area contributed by atoms with Crippen molar-refractivity contribution in [1.29, 1.82) is 0 Å². The monoisotopic (exact) mass is 344 g/mol. The van der Waals surface area contributed by atoms with E-state index in [4.69, 9.17) is 4.74 Å². The second-order valence-electron chi connectivity index (χ2n) is 5.80. The highest BCUT2D eigenvalue weighted by molar-refractivity contribution is 7.99. The molecular weight excluding hydrogens is 324 g/mol. The van der Waals surface area contributed by atoms with E-state index in [-0.39, 0.29) is 23.9 Å². The van der Waals surface area contributed by atoms with Gasteiger partial charge in [0.2, 0.25) is 5.91 Å². The van der Waals surface area contributed by atoms with Crippen LogP contribution in [0.15, 0.2) is 59.8 Å². The summed E-state index contributed by atoms with van der Waals surface area (Å²) in [5.74, 6) is 0.278. The van der Waals surface area contributed by atoms with Gasteiger partial charge in [-0.15, -0.1) is 0 Å². The van der Waals surface area contributed by atoms with Gasteiger partial charge in [-0.3, -0.25) is 4.79 Å². The first-order valence-corrected chi connectivity index (χ1v) is 8.91. The van der Waals surface area contributed by atoms with Crippen LogP contribution in [0.2, 0.25) is 0 Å². The normalized spacial score (nSPS) is 20.8. The van der Waals surface area contributed by atoms with Gasteiger partial charge in [0, 0.05) is 18.7 Å². The molecule has 1 aliphatic heterocycles. The molecule has 0 spiro atoms. The molecule has 5 nitrogen and oxygen atoms in total. The summed E-state index contributed by atoms with van der Waals surface area (Å²) in [5, 5.41) is 12.2. The van der Waals surface area contributed by atoms with E-state index in [1.807, 2.05) is 42.2 Å². The molecular formula is C18H20N2O3S. The molecule has 0 aliphatic carbocycles. The number of ether oxygens (including phenoxy) is 1. The number of morpholine rings is 1. The van der Waals surface area contributed by atoms with Gasteiger partial charge in [0.05, 0.1) is 18.4 Å². The minimum absolute atomic E-state index is 0.0147. The SMILES string of the molecule is C[C@@H]1CN(C(=O)CSc2cccc[n+]2[O-])C[C@@H](c2ccccc2)O1. The van der Waals surface area contributed by atoms with Crippen LogP contribution in [0.1, 0.15) is 18.6 Å². The molecule has 1 amide bonds. The summed E-state index contributed by atoms with van der Waals surface area (Å²) in [6.45, 7) is 3.10. The molecule has 0 unspecified atom stereocenters. The lowest BCUT2D eigenvalue weighted by Crippen LogP contribution is -2.46. The highest BCUT2D eigenvalue weighted by atomic mass is 32.2. The van der Waals surface area contributed by atoms with Crippen LogP contribution in [0.25, 0.3) is 0 Å². The van der Waals surface area contributed by atoms with E-state index in [0.717, 1.165) is 10.3 Å². The van der Waals surface area contributed by atoms with E-state index >= 15 is 0 Å². The van der Waals surface area contributed by atoms with E-state index in [9.17, 15) is 10.0 Å². The lowest BCUT2D eigenvalue weighted by molar-refractivity contribution is -0.645. The number of carbonyl (C=O) groups excluding carboxylic acids is 1. The average Bonchev–Trinajstić information content (AvgIpc) is 2.61. The Morgan fingerprint density at radius 1 is 1.25 bits per heavy atom. The molecule has 2 aromatic rings. The lowest BCUT2D eigenvalue weighted by atomic mass is 10.1. The molecule has 0 saturated carbocycles. The molecule has 1 aromatic carbocycles. The molecule has 24 heavy (non-hydrogen) atoms. The molecule has 126 valence electrons. The largest absolute Gasteiger partial charge is 0.618 e. The lowest BCUT2D eigenvalue weighted by Gasteiger charge is -2.37. The molecule has 0 N–H and O–H groups in total. The van der Waals surface area contributed by atoms with Gasteiger partial charge >= 0.3 is 0 Å². The fraction of sp³-hybridized carbons (Fsp3) is 0.333. The molecule has 1 aromatic heterocycles. The Morgan fingerprint density at radius 2 is 2.00 bits per heavy atom. The maximum absolute atomic E-state index is 12.5. The summed E-state index contributed by atoms with van der Waals surface area (Å²) in [6.07, 6.45) is 1.32. The third kappa shape index (κ3) is 4.07. The number of pyridine rings is 1. The zero-order valence-corrected chi connectivity index (χ0v) is 14.3. The number of hydrogen-bond acceptors (Lipinski definition) is 4. The number of benzene rings is 1. The van der Waals surface area contributed by atoms with Crippen molar-refractivity contribution in [3.05, 3.63) is 65.5 Å². The van der Waals surface area contributed by atoms with Crippen LogP contribution in [-0.4, -0.2) is 35.8 Å². The molecule has 6 heteroatoms. The maximum atomic E-state index is 12.5. The number of amides is 1. The Kier molecular flexibility index (Phi) is 5.37. The van der Waals surface area contributed by atoms with Crippen LogP contribution < -0.4 is 4.73 Å². The molecule has 2 heterocycles. The van der Waals surface area contributed by atoms with Crippen molar-refractivity contribution in [2.75, 3.05) is 18.8 Å². The first-order chi connectivity index (χ1) is 11.6.